The van der Waals surface area contributed by atoms with Crippen molar-refractivity contribution >= 4 is 40.6 Å². The summed E-state index contributed by atoms with van der Waals surface area (Å²) in [5, 5.41) is 5.46. The Kier molecular flexibility index (Phi) is 3.81. The van der Waals surface area contributed by atoms with Gasteiger partial charge in [-0.2, -0.15) is 0 Å². The van der Waals surface area contributed by atoms with Crippen LogP contribution in [0.1, 0.15) is 0 Å². The van der Waals surface area contributed by atoms with Gasteiger partial charge in [0.25, 0.3) is 0 Å². The van der Waals surface area contributed by atoms with Crippen LogP contribution < -0.4 is 5.73 Å². The van der Waals surface area contributed by atoms with Gasteiger partial charge in [0.2, 0.25) is 0 Å². The van der Waals surface area contributed by atoms with E-state index in [4.69, 9.17) is 45.1 Å². The Morgan fingerprint density at radius 3 is 2.48 bits per heavy atom. The molecule has 0 aliphatic heterocycles. The smallest absolute Gasteiger partial charge is 0.178 e. The summed E-state index contributed by atoms with van der Waals surface area (Å²) in [6.45, 7) is 0. The summed E-state index contributed by atoms with van der Waals surface area (Å²) in [4.78, 5) is 0. The molecule has 0 aliphatic rings. The highest BCUT2D eigenvalue weighted by atomic mass is 35.5. The van der Waals surface area contributed by atoms with Gasteiger partial charge in [0.05, 0.1) is 10.6 Å². The average molecular weight is 340 g/mol. The first-order valence-corrected chi connectivity index (χ1v) is 7.16. The van der Waals surface area contributed by atoms with Crippen LogP contribution in [0.25, 0.3) is 22.5 Å². The second-order valence-corrected chi connectivity index (χ2v) is 5.69. The maximum absolute atomic E-state index is 6.22. The van der Waals surface area contributed by atoms with Gasteiger partial charge in [-0.15, -0.1) is 0 Å². The number of hydrogen-bond acceptors (Lipinski definition) is 3. The fraction of sp³-hybridized carbons (Fsp3) is 0. The Morgan fingerprint density at radius 1 is 0.952 bits per heavy atom. The van der Waals surface area contributed by atoms with Crippen molar-refractivity contribution in [3.63, 3.8) is 0 Å². The molecule has 6 heteroatoms. The summed E-state index contributed by atoms with van der Waals surface area (Å²) < 4.78 is 5.35. The summed E-state index contributed by atoms with van der Waals surface area (Å²) >= 11 is 18.3. The molecule has 0 radical (unpaired) electrons. The van der Waals surface area contributed by atoms with E-state index in [-0.39, 0.29) is 5.82 Å². The molecule has 3 nitrogen and oxygen atoms in total. The van der Waals surface area contributed by atoms with Crippen molar-refractivity contribution in [2.75, 3.05) is 5.73 Å². The molecule has 0 amide bonds. The van der Waals surface area contributed by atoms with Gasteiger partial charge in [-0.05, 0) is 35.9 Å². The number of nitrogens with two attached hydrogens (primary N) is 1. The zero-order valence-corrected chi connectivity index (χ0v) is 12.9. The molecule has 0 spiro atoms. The van der Waals surface area contributed by atoms with Crippen LogP contribution in [0.4, 0.5) is 5.82 Å². The van der Waals surface area contributed by atoms with Crippen molar-refractivity contribution in [1.29, 1.82) is 0 Å². The Morgan fingerprint density at radius 2 is 1.71 bits per heavy atom. The molecule has 21 heavy (non-hydrogen) atoms. The molecule has 0 fully saturated rings. The van der Waals surface area contributed by atoms with Crippen LogP contribution >= 0.6 is 34.8 Å². The molecular weight excluding hydrogens is 331 g/mol. The minimum Gasteiger partial charge on any atom is -0.380 e. The number of aromatic nitrogens is 1. The third-order valence-electron chi connectivity index (χ3n) is 3.00. The summed E-state index contributed by atoms with van der Waals surface area (Å²) in [7, 11) is 0. The van der Waals surface area contributed by atoms with Gasteiger partial charge in [0, 0.05) is 15.6 Å². The number of nitrogen functional groups attached to an aromatic ring is 1. The molecule has 3 rings (SSSR count). The van der Waals surface area contributed by atoms with Crippen LogP contribution in [0.15, 0.2) is 47.0 Å². The molecule has 3 aromatic rings. The fourth-order valence-corrected chi connectivity index (χ4v) is 2.65. The van der Waals surface area contributed by atoms with E-state index in [1.807, 2.05) is 12.1 Å². The summed E-state index contributed by atoms with van der Waals surface area (Å²) in [6.07, 6.45) is 0. The van der Waals surface area contributed by atoms with Crippen LogP contribution in [0, 0.1) is 0 Å². The molecule has 2 N–H and O–H groups in total. The van der Waals surface area contributed by atoms with E-state index < -0.39 is 0 Å². The molecule has 0 bridgehead atoms. The molecule has 0 saturated carbocycles. The van der Waals surface area contributed by atoms with Crippen molar-refractivity contribution in [1.82, 2.24) is 5.16 Å². The number of benzene rings is 2. The van der Waals surface area contributed by atoms with E-state index >= 15 is 0 Å². The van der Waals surface area contributed by atoms with E-state index in [2.05, 4.69) is 5.16 Å². The highest BCUT2D eigenvalue weighted by Crippen LogP contribution is 2.40. The van der Waals surface area contributed by atoms with E-state index in [9.17, 15) is 0 Å². The fourth-order valence-electron chi connectivity index (χ4n) is 2.08. The summed E-state index contributed by atoms with van der Waals surface area (Å²) in [5.41, 5.74) is 7.99. The monoisotopic (exact) mass is 338 g/mol. The summed E-state index contributed by atoms with van der Waals surface area (Å²) in [5.74, 6) is 0.727. The van der Waals surface area contributed by atoms with Crippen molar-refractivity contribution in [3.05, 3.63) is 57.5 Å². The van der Waals surface area contributed by atoms with E-state index in [0.29, 0.717) is 32.0 Å². The first-order chi connectivity index (χ1) is 10.1. The van der Waals surface area contributed by atoms with Gasteiger partial charge in [0.1, 0.15) is 0 Å². The van der Waals surface area contributed by atoms with Crippen LogP contribution in [-0.4, -0.2) is 5.16 Å². The van der Waals surface area contributed by atoms with Gasteiger partial charge >= 0.3 is 0 Å². The van der Waals surface area contributed by atoms with Crippen LogP contribution in [-0.2, 0) is 0 Å². The van der Waals surface area contributed by atoms with Crippen molar-refractivity contribution < 1.29 is 4.52 Å². The van der Waals surface area contributed by atoms with E-state index in [1.54, 1.807) is 30.3 Å². The first-order valence-electron chi connectivity index (χ1n) is 6.03. The lowest BCUT2D eigenvalue weighted by Gasteiger charge is -2.05. The Balaban J connectivity index is 2.24. The average Bonchev–Trinajstić information content (AvgIpc) is 2.83. The molecule has 0 saturated heterocycles. The number of nitrogens with zero attached hydrogens (tertiary/aromatic N) is 1. The van der Waals surface area contributed by atoms with E-state index in [1.165, 1.54) is 0 Å². The van der Waals surface area contributed by atoms with Gasteiger partial charge in [0.15, 0.2) is 11.6 Å². The second kappa shape index (κ2) is 5.60. The van der Waals surface area contributed by atoms with Gasteiger partial charge < -0.3 is 10.3 Å². The number of halogens is 3. The number of rotatable bonds is 2. The SMILES string of the molecule is Nc1noc(-c2cc(Cl)ccc2Cl)c1-c1cccc(Cl)c1. The minimum absolute atomic E-state index is 0.267. The molecule has 1 aromatic heterocycles. The van der Waals surface area contributed by atoms with Crippen LogP contribution in [0.5, 0.6) is 0 Å². The number of anilines is 1. The van der Waals surface area contributed by atoms with Gasteiger partial charge in [-0.1, -0.05) is 52.1 Å². The summed E-state index contributed by atoms with van der Waals surface area (Å²) in [6, 6.07) is 12.4. The lowest BCUT2D eigenvalue weighted by molar-refractivity contribution is 0.436. The van der Waals surface area contributed by atoms with Crippen molar-refractivity contribution in [2.45, 2.75) is 0 Å². The standard InChI is InChI=1S/C15H9Cl3N2O/c16-9-3-1-2-8(6-9)13-14(21-20-15(13)19)11-7-10(17)4-5-12(11)18/h1-7H,(H2,19,20). The van der Waals surface area contributed by atoms with Crippen molar-refractivity contribution in [2.24, 2.45) is 0 Å². The molecule has 0 atom stereocenters. The minimum atomic E-state index is 0.267. The third-order valence-corrected chi connectivity index (χ3v) is 3.80. The zero-order valence-electron chi connectivity index (χ0n) is 10.6. The molecule has 0 aliphatic carbocycles. The zero-order chi connectivity index (χ0) is 15.0. The second-order valence-electron chi connectivity index (χ2n) is 4.41. The van der Waals surface area contributed by atoms with Crippen LogP contribution in [0.3, 0.4) is 0 Å². The quantitative estimate of drug-likeness (QED) is 0.666. The van der Waals surface area contributed by atoms with Gasteiger partial charge in [-0.25, -0.2) is 0 Å². The first kappa shape index (κ1) is 14.3. The molecule has 0 unspecified atom stereocenters. The van der Waals surface area contributed by atoms with Crippen LogP contribution in [0.2, 0.25) is 15.1 Å². The largest absolute Gasteiger partial charge is 0.380 e. The lowest BCUT2D eigenvalue weighted by Crippen LogP contribution is -1.89. The normalized spacial score (nSPS) is 10.8. The Labute approximate surface area is 136 Å². The number of hydrogen-bond donors (Lipinski definition) is 1. The van der Waals surface area contributed by atoms with Gasteiger partial charge in [-0.3, -0.25) is 0 Å². The highest BCUT2D eigenvalue weighted by Gasteiger charge is 2.20. The predicted octanol–water partition coefficient (Wildman–Crippen LogP) is 5.55. The molecule has 2 aromatic carbocycles. The highest BCUT2D eigenvalue weighted by molar-refractivity contribution is 6.35. The van der Waals surface area contributed by atoms with Crippen molar-refractivity contribution in [3.8, 4) is 22.5 Å². The lowest BCUT2D eigenvalue weighted by atomic mass is 10.0. The molecular formula is C15H9Cl3N2O. The molecule has 1 heterocycles. The predicted molar refractivity (Wildman–Crippen MR) is 86.8 cm³/mol. The Bertz CT molecular complexity index is 814. The maximum atomic E-state index is 6.22. The maximum Gasteiger partial charge on any atom is 0.178 e. The third kappa shape index (κ3) is 2.72. The molecule has 106 valence electrons. The van der Waals surface area contributed by atoms with E-state index in [0.717, 1.165) is 5.56 Å². The Hall–Kier alpha value is -1.68. The topological polar surface area (TPSA) is 52.0 Å².